The molecule has 2 rings (SSSR count). The number of nitrogens with one attached hydrogen (secondary N) is 1. The quantitative estimate of drug-likeness (QED) is 0.873. The Kier molecular flexibility index (Phi) is 4.46. The molecule has 2 amide bonds. The van der Waals surface area contributed by atoms with Crippen LogP contribution in [-0.2, 0) is 10.2 Å². The van der Waals surface area contributed by atoms with Crippen molar-refractivity contribution >= 4 is 28.5 Å². The van der Waals surface area contributed by atoms with E-state index in [9.17, 15) is 9.59 Å². The number of amides is 2. The van der Waals surface area contributed by atoms with Gasteiger partial charge in [0.2, 0.25) is 11.0 Å². The zero-order valence-corrected chi connectivity index (χ0v) is 13.2. The summed E-state index contributed by atoms with van der Waals surface area (Å²) in [5, 5.41) is 21.1. The van der Waals surface area contributed by atoms with Gasteiger partial charge in [0, 0.05) is 12.0 Å². The van der Waals surface area contributed by atoms with E-state index in [0.717, 1.165) is 17.8 Å². The highest BCUT2D eigenvalue weighted by molar-refractivity contribution is 7.15. The molecule has 2 heterocycles. The van der Waals surface area contributed by atoms with Gasteiger partial charge >= 0.3 is 6.09 Å². The third-order valence-corrected chi connectivity index (χ3v) is 4.61. The van der Waals surface area contributed by atoms with Crippen molar-refractivity contribution in [3.05, 3.63) is 5.01 Å². The smallest absolute Gasteiger partial charge is 0.407 e. The van der Waals surface area contributed by atoms with Crippen LogP contribution in [0, 0.1) is 0 Å². The molecular weight excluding hydrogens is 292 g/mol. The Morgan fingerprint density at radius 1 is 1.33 bits per heavy atom. The van der Waals surface area contributed by atoms with Gasteiger partial charge in [-0.25, -0.2) is 4.79 Å². The second kappa shape index (κ2) is 5.97. The number of likely N-dealkylation sites (tertiary alicyclic amines) is 1. The Morgan fingerprint density at radius 2 is 2.05 bits per heavy atom. The van der Waals surface area contributed by atoms with Crippen molar-refractivity contribution in [2.24, 2.45) is 0 Å². The number of carbonyl (C=O) groups excluding carboxylic acids is 1. The summed E-state index contributed by atoms with van der Waals surface area (Å²) in [6.45, 7) is 6.46. The molecule has 1 fully saturated rings. The van der Waals surface area contributed by atoms with Crippen molar-refractivity contribution in [2.45, 2.75) is 51.5 Å². The van der Waals surface area contributed by atoms with Crippen LogP contribution >= 0.6 is 11.3 Å². The Balaban J connectivity index is 2.06. The topological polar surface area (TPSA) is 95.4 Å². The Bertz CT molecular complexity index is 538. The summed E-state index contributed by atoms with van der Waals surface area (Å²) in [5.74, 6) is -0.325. The number of piperidine rings is 1. The summed E-state index contributed by atoms with van der Waals surface area (Å²) in [4.78, 5) is 24.6. The lowest BCUT2D eigenvalue weighted by Gasteiger charge is -2.31. The number of hydrogen-bond acceptors (Lipinski definition) is 5. The van der Waals surface area contributed by atoms with Crippen molar-refractivity contribution < 1.29 is 14.7 Å². The minimum absolute atomic E-state index is 0.126. The minimum Gasteiger partial charge on any atom is -0.465 e. The Labute approximate surface area is 127 Å². The molecule has 0 bridgehead atoms. The normalized spacial score (nSPS) is 19.4. The number of aromatic nitrogens is 2. The molecule has 0 unspecified atom stereocenters. The molecule has 1 aromatic rings. The van der Waals surface area contributed by atoms with Gasteiger partial charge in [-0.3, -0.25) is 15.0 Å². The summed E-state index contributed by atoms with van der Waals surface area (Å²) in [6.07, 6.45) is 1.14. The second-order valence-electron chi connectivity index (χ2n) is 6.14. The third kappa shape index (κ3) is 3.69. The van der Waals surface area contributed by atoms with E-state index in [4.69, 9.17) is 5.11 Å². The van der Waals surface area contributed by atoms with Crippen molar-refractivity contribution in [1.82, 2.24) is 15.1 Å². The first kappa shape index (κ1) is 15.7. The fourth-order valence-corrected chi connectivity index (χ4v) is 3.00. The molecule has 1 aliphatic heterocycles. The second-order valence-corrected chi connectivity index (χ2v) is 7.12. The molecule has 116 valence electrons. The highest BCUT2D eigenvalue weighted by atomic mass is 32.1. The van der Waals surface area contributed by atoms with Crippen LogP contribution in [0.25, 0.3) is 0 Å². The largest absolute Gasteiger partial charge is 0.465 e. The summed E-state index contributed by atoms with van der Waals surface area (Å²) in [7, 11) is 0. The molecule has 1 atom stereocenters. The molecule has 0 radical (unpaired) electrons. The lowest BCUT2D eigenvalue weighted by atomic mass is 9.98. The van der Waals surface area contributed by atoms with Gasteiger partial charge in [-0.2, -0.15) is 0 Å². The molecule has 1 aliphatic rings. The van der Waals surface area contributed by atoms with E-state index in [2.05, 4.69) is 15.5 Å². The van der Waals surface area contributed by atoms with Crippen molar-refractivity contribution in [3.63, 3.8) is 0 Å². The molecule has 1 saturated heterocycles. The zero-order chi connectivity index (χ0) is 15.6. The van der Waals surface area contributed by atoms with Crippen molar-refractivity contribution in [1.29, 1.82) is 0 Å². The van der Waals surface area contributed by atoms with Crippen LogP contribution in [0.5, 0.6) is 0 Å². The van der Waals surface area contributed by atoms with Gasteiger partial charge < -0.3 is 5.11 Å². The van der Waals surface area contributed by atoms with E-state index in [1.807, 2.05) is 20.8 Å². The number of anilines is 1. The van der Waals surface area contributed by atoms with E-state index in [-0.39, 0.29) is 11.3 Å². The van der Waals surface area contributed by atoms with Crippen LogP contribution < -0.4 is 5.32 Å². The Hall–Kier alpha value is -1.70. The van der Waals surface area contributed by atoms with Crippen LogP contribution in [0.2, 0.25) is 0 Å². The molecular formula is C13H20N4O3S. The molecule has 7 nitrogen and oxygen atoms in total. The first-order valence-corrected chi connectivity index (χ1v) is 7.75. The number of carbonyl (C=O) groups is 2. The predicted molar refractivity (Wildman–Crippen MR) is 79.6 cm³/mol. The predicted octanol–water partition coefficient (Wildman–Crippen LogP) is 2.31. The first-order valence-electron chi connectivity index (χ1n) is 6.93. The standard InChI is InChI=1S/C13H20N4O3S/c1-13(2,3)10-15-16-11(21-10)14-9(18)8-6-4-5-7-17(8)12(19)20/h8H,4-7H2,1-3H3,(H,19,20)(H,14,16,18)/t8-/m0/s1. The lowest BCUT2D eigenvalue weighted by molar-refractivity contribution is -0.121. The van der Waals surface area contributed by atoms with Crippen molar-refractivity contribution in [2.75, 3.05) is 11.9 Å². The number of carboxylic acid groups (broad SMARTS) is 1. The number of nitrogens with zero attached hydrogens (tertiary/aromatic N) is 3. The molecule has 2 N–H and O–H groups in total. The molecule has 0 aliphatic carbocycles. The molecule has 0 saturated carbocycles. The molecule has 0 spiro atoms. The molecule has 21 heavy (non-hydrogen) atoms. The van der Waals surface area contributed by atoms with Crippen LogP contribution in [0.1, 0.15) is 45.0 Å². The van der Waals surface area contributed by atoms with Crippen molar-refractivity contribution in [3.8, 4) is 0 Å². The van der Waals surface area contributed by atoms with Crippen LogP contribution in [0.15, 0.2) is 0 Å². The summed E-state index contributed by atoms with van der Waals surface area (Å²) >= 11 is 1.32. The van der Waals surface area contributed by atoms with E-state index in [1.54, 1.807) is 0 Å². The lowest BCUT2D eigenvalue weighted by Crippen LogP contribution is -2.49. The van der Waals surface area contributed by atoms with Crippen LogP contribution in [-0.4, -0.2) is 44.8 Å². The van der Waals surface area contributed by atoms with Gasteiger partial charge in [0.25, 0.3) is 0 Å². The molecule has 8 heteroatoms. The van der Waals surface area contributed by atoms with E-state index in [1.165, 1.54) is 16.2 Å². The van der Waals surface area contributed by atoms with Gasteiger partial charge in [0.15, 0.2) is 0 Å². The highest BCUT2D eigenvalue weighted by Crippen LogP contribution is 2.28. The average Bonchev–Trinajstić information content (AvgIpc) is 2.87. The third-order valence-electron chi connectivity index (χ3n) is 3.35. The van der Waals surface area contributed by atoms with Crippen LogP contribution in [0.3, 0.4) is 0 Å². The minimum atomic E-state index is -1.05. The Morgan fingerprint density at radius 3 is 2.62 bits per heavy atom. The number of rotatable bonds is 2. The highest BCUT2D eigenvalue weighted by Gasteiger charge is 2.32. The maximum Gasteiger partial charge on any atom is 0.407 e. The van der Waals surface area contributed by atoms with Gasteiger partial charge in [0.1, 0.15) is 11.0 Å². The fourth-order valence-electron chi connectivity index (χ4n) is 2.20. The van der Waals surface area contributed by atoms with Gasteiger partial charge in [-0.05, 0) is 19.3 Å². The van der Waals surface area contributed by atoms with Gasteiger partial charge in [0.05, 0.1) is 0 Å². The van der Waals surface area contributed by atoms with Gasteiger partial charge in [-0.1, -0.05) is 32.1 Å². The summed E-state index contributed by atoms with van der Waals surface area (Å²) in [6, 6.07) is -0.641. The molecule has 1 aromatic heterocycles. The molecule has 0 aromatic carbocycles. The van der Waals surface area contributed by atoms with Gasteiger partial charge in [-0.15, -0.1) is 10.2 Å². The average molecular weight is 312 g/mol. The maximum absolute atomic E-state index is 12.3. The summed E-state index contributed by atoms with van der Waals surface area (Å²) in [5.41, 5.74) is -0.126. The maximum atomic E-state index is 12.3. The van der Waals surface area contributed by atoms with E-state index < -0.39 is 12.1 Å². The van der Waals surface area contributed by atoms with E-state index >= 15 is 0 Å². The zero-order valence-electron chi connectivity index (χ0n) is 12.4. The van der Waals surface area contributed by atoms with E-state index in [0.29, 0.717) is 18.1 Å². The fraction of sp³-hybridized carbons (Fsp3) is 0.692. The monoisotopic (exact) mass is 312 g/mol. The number of hydrogen-bond donors (Lipinski definition) is 2. The van der Waals surface area contributed by atoms with Crippen LogP contribution in [0.4, 0.5) is 9.93 Å². The summed E-state index contributed by atoms with van der Waals surface area (Å²) < 4.78 is 0. The first-order chi connectivity index (χ1) is 9.79. The SMILES string of the molecule is CC(C)(C)c1nnc(NC(=O)[C@@H]2CCCCN2C(=O)O)s1.